The average Bonchev–Trinajstić information content (AvgIpc) is 3.06. The number of hydrogen-bond acceptors (Lipinski definition) is 4. The van der Waals surface area contributed by atoms with Crippen LogP contribution in [0.5, 0.6) is 0 Å². The van der Waals surface area contributed by atoms with Crippen LogP contribution in [-0.2, 0) is 4.79 Å². The Morgan fingerprint density at radius 1 is 1.21 bits per heavy atom. The van der Waals surface area contributed by atoms with Gasteiger partial charge in [-0.25, -0.2) is 0 Å². The lowest BCUT2D eigenvalue weighted by atomic mass is 9.43. The molecule has 2 unspecified atom stereocenters. The predicted molar refractivity (Wildman–Crippen MR) is 110 cm³/mol. The Bertz CT molecular complexity index is 837. The van der Waals surface area contributed by atoms with Crippen molar-refractivity contribution in [1.29, 1.82) is 0 Å². The van der Waals surface area contributed by atoms with Crippen LogP contribution in [0.25, 0.3) is 0 Å². The van der Waals surface area contributed by atoms with Crippen molar-refractivity contribution < 1.29 is 32.1 Å². The molecule has 4 aliphatic carbocycles. The smallest absolute Gasteiger partial charge is 0.303 e. The van der Waals surface area contributed by atoms with E-state index >= 15 is 0 Å². The number of carbonyl (C=O) groups is 1. The van der Waals surface area contributed by atoms with E-state index in [1.54, 1.807) is 0 Å². The fraction of sp³-hybridized carbons (Fsp3) is 0.958. The van der Waals surface area contributed by atoms with E-state index in [0.29, 0.717) is 12.8 Å². The molecule has 5 nitrogen and oxygen atoms in total. The number of rotatable bonds is 4. The van der Waals surface area contributed by atoms with Gasteiger partial charge in [0, 0.05) is 11.9 Å². The summed E-state index contributed by atoms with van der Waals surface area (Å²) in [5, 5.41) is 42.7. The van der Waals surface area contributed by atoms with Crippen LogP contribution in [0.2, 0.25) is 0 Å². The molecule has 0 heterocycles. The van der Waals surface area contributed by atoms with E-state index in [2.05, 4.69) is 6.92 Å². The fourth-order valence-electron chi connectivity index (χ4n) is 7.88. The second-order valence-electron chi connectivity index (χ2n) is 10.7. The fourth-order valence-corrected chi connectivity index (χ4v) is 7.88. The third-order valence-corrected chi connectivity index (χ3v) is 9.52. The maximum absolute atomic E-state index is 11.6. The minimum absolute atomic E-state index is 0.0418. The average molecular weight is 414 g/mol. The van der Waals surface area contributed by atoms with Gasteiger partial charge in [0.25, 0.3) is 0 Å². The SMILES string of the molecule is [2H]C1([2H])C[C@]2(C)C3C[C@H](O)[C@]4(C)[C@@H]([C@H](C)CCC(=O)O)CC[C@H]4C3[C@H](O)C[C@@H]2C([2H])([2H])[C@@]1([2H])O. The maximum Gasteiger partial charge on any atom is 0.303 e. The summed E-state index contributed by atoms with van der Waals surface area (Å²) in [4.78, 5) is 11.1. The van der Waals surface area contributed by atoms with E-state index in [1.807, 2.05) is 13.8 Å². The quantitative estimate of drug-likeness (QED) is 0.566. The van der Waals surface area contributed by atoms with E-state index in [4.69, 9.17) is 12.0 Å². The van der Waals surface area contributed by atoms with Crippen LogP contribution in [0.3, 0.4) is 0 Å². The van der Waals surface area contributed by atoms with Crippen molar-refractivity contribution in [3.8, 4) is 0 Å². The van der Waals surface area contributed by atoms with E-state index in [-0.39, 0.29) is 48.9 Å². The summed E-state index contributed by atoms with van der Waals surface area (Å²) in [7, 11) is 0. The largest absolute Gasteiger partial charge is 0.481 e. The topological polar surface area (TPSA) is 98.0 Å². The number of fused-ring (bicyclic) bond motifs is 5. The Hall–Kier alpha value is -0.650. The molecule has 0 bridgehead atoms. The molecule has 11 atom stereocenters. The van der Waals surface area contributed by atoms with Crippen molar-refractivity contribution in [2.24, 2.45) is 46.3 Å². The number of aliphatic hydroxyl groups is 3. The van der Waals surface area contributed by atoms with Gasteiger partial charge in [-0.2, -0.15) is 0 Å². The standard InChI is InChI=1S/C24H40O5/c1-13(4-7-21(28)29)16-5-6-17-22-18(12-20(27)24(16,17)3)23(2)9-8-15(25)10-14(23)11-19(22)26/h13-20,22,25-27H,4-12H2,1-3H3,(H,28,29)/t13-,14+,15+,16-,17+,18?,19-,20+,22?,23+,24-/m1/s1/i8D2,10D2,15D. The minimum atomic E-state index is -2.93. The highest BCUT2D eigenvalue weighted by Crippen LogP contribution is 2.68. The van der Waals surface area contributed by atoms with Crippen molar-refractivity contribution in [3.05, 3.63) is 0 Å². The molecular formula is C24H40O5. The van der Waals surface area contributed by atoms with Crippen LogP contribution in [0, 0.1) is 46.3 Å². The molecule has 0 aliphatic heterocycles. The summed E-state index contributed by atoms with van der Waals surface area (Å²) < 4.78 is 42.2. The first-order valence-electron chi connectivity index (χ1n) is 13.7. The summed E-state index contributed by atoms with van der Waals surface area (Å²) >= 11 is 0. The van der Waals surface area contributed by atoms with E-state index < -0.39 is 53.8 Å². The molecule has 0 radical (unpaired) electrons. The molecule has 29 heavy (non-hydrogen) atoms. The van der Waals surface area contributed by atoms with Gasteiger partial charge >= 0.3 is 5.97 Å². The van der Waals surface area contributed by atoms with Gasteiger partial charge in [-0.1, -0.05) is 20.8 Å². The van der Waals surface area contributed by atoms with Crippen molar-refractivity contribution >= 4 is 5.97 Å². The van der Waals surface area contributed by atoms with E-state index in [1.165, 1.54) is 0 Å². The number of aliphatic hydroxyl groups excluding tert-OH is 2. The van der Waals surface area contributed by atoms with Gasteiger partial charge in [-0.15, -0.1) is 0 Å². The van der Waals surface area contributed by atoms with Crippen LogP contribution in [0.15, 0.2) is 0 Å². The Balaban J connectivity index is 1.70. The van der Waals surface area contributed by atoms with Gasteiger partial charge in [0.2, 0.25) is 0 Å². The Kier molecular flexibility index (Phi) is 4.15. The van der Waals surface area contributed by atoms with Crippen LogP contribution < -0.4 is 0 Å². The zero-order valence-corrected chi connectivity index (χ0v) is 17.8. The highest BCUT2D eigenvalue weighted by atomic mass is 16.4. The number of aliphatic carboxylic acids is 1. The van der Waals surface area contributed by atoms with Gasteiger partial charge < -0.3 is 20.4 Å². The van der Waals surface area contributed by atoms with E-state index in [9.17, 15) is 20.1 Å². The van der Waals surface area contributed by atoms with Crippen LogP contribution in [0.4, 0.5) is 0 Å². The maximum atomic E-state index is 11.6. The molecule has 4 N–H and O–H groups in total. The van der Waals surface area contributed by atoms with Crippen LogP contribution in [0.1, 0.15) is 85.3 Å². The summed E-state index contributed by atoms with van der Waals surface area (Å²) in [6.07, 6.45) is -7.26. The molecule has 0 aromatic carbocycles. The van der Waals surface area contributed by atoms with Crippen molar-refractivity contribution in [2.75, 3.05) is 0 Å². The van der Waals surface area contributed by atoms with Crippen molar-refractivity contribution in [2.45, 2.75) is 96.8 Å². The molecule has 4 saturated carbocycles. The lowest BCUT2D eigenvalue weighted by Crippen LogP contribution is -2.62. The molecule has 0 aromatic rings. The van der Waals surface area contributed by atoms with Gasteiger partial charge in [0.15, 0.2) is 0 Å². The summed E-state index contributed by atoms with van der Waals surface area (Å²) in [6.45, 7) is 5.91. The summed E-state index contributed by atoms with van der Waals surface area (Å²) in [5.41, 5.74) is -1.44. The van der Waals surface area contributed by atoms with Gasteiger partial charge in [0.05, 0.1) is 19.7 Å². The minimum Gasteiger partial charge on any atom is -0.481 e. The Labute approximate surface area is 181 Å². The molecule has 0 saturated heterocycles. The summed E-state index contributed by atoms with van der Waals surface area (Å²) in [6, 6.07) is 0. The Morgan fingerprint density at radius 2 is 1.93 bits per heavy atom. The van der Waals surface area contributed by atoms with Gasteiger partial charge in [-0.3, -0.25) is 4.79 Å². The zero-order chi connectivity index (χ0) is 25.6. The molecule has 4 fully saturated rings. The normalized spacial score (nSPS) is 61.4. The lowest BCUT2D eigenvalue weighted by Gasteiger charge is -2.63. The molecule has 4 rings (SSSR count). The zero-order valence-electron chi connectivity index (χ0n) is 22.8. The van der Waals surface area contributed by atoms with Crippen molar-refractivity contribution in [1.82, 2.24) is 0 Å². The number of carboxylic acid groups (broad SMARTS) is 1. The molecule has 0 amide bonds. The number of carboxylic acids is 1. The second-order valence-corrected chi connectivity index (χ2v) is 10.7. The van der Waals surface area contributed by atoms with Crippen LogP contribution >= 0.6 is 0 Å². The third kappa shape index (κ3) is 3.27. The van der Waals surface area contributed by atoms with Gasteiger partial charge in [0.1, 0.15) is 0 Å². The lowest BCUT2D eigenvalue weighted by molar-refractivity contribution is -0.207. The molecule has 4 aliphatic rings. The molecule has 0 spiro atoms. The number of hydrogen-bond donors (Lipinski definition) is 4. The monoisotopic (exact) mass is 413 g/mol. The van der Waals surface area contributed by atoms with Crippen molar-refractivity contribution in [3.63, 3.8) is 0 Å². The Morgan fingerprint density at radius 3 is 2.62 bits per heavy atom. The highest BCUT2D eigenvalue weighted by Gasteiger charge is 2.65. The molecule has 0 aromatic heterocycles. The van der Waals surface area contributed by atoms with E-state index in [0.717, 1.165) is 12.8 Å². The first-order chi connectivity index (χ1) is 15.4. The van der Waals surface area contributed by atoms with Crippen LogP contribution in [-0.4, -0.2) is 44.7 Å². The molecule has 166 valence electrons. The predicted octanol–water partition coefficient (Wildman–Crippen LogP) is 3.45. The first-order valence-corrected chi connectivity index (χ1v) is 11.2. The summed E-state index contributed by atoms with van der Waals surface area (Å²) in [5.74, 6) is -2.18. The third-order valence-electron chi connectivity index (χ3n) is 9.52. The molecule has 5 heteroatoms. The molecular weight excluding hydrogens is 368 g/mol. The second kappa shape index (κ2) is 7.49. The van der Waals surface area contributed by atoms with Gasteiger partial charge in [-0.05, 0) is 97.6 Å². The highest BCUT2D eigenvalue weighted by molar-refractivity contribution is 5.66. The first kappa shape index (κ1) is 16.0.